The molecule has 8 heavy (non-hydrogen) atoms. The molecule has 0 aromatic heterocycles. The Hall–Kier alpha value is 0.170. The molecule has 1 heterocycles. The van der Waals surface area contributed by atoms with E-state index in [1.807, 2.05) is 0 Å². The summed E-state index contributed by atoms with van der Waals surface area (Å²) in [5, 5.41) is 0. The molecule has 1 rings (SSSR count). The van der Waals surface area contributed by atoms with Crippen molar-refractivity contribution in [2.75, 3.05) is 12.3 Å². The highest BCUT2D eigenvalue weighted by atomic mass is 31.1. The quantitative estimate of drug-likeness (QED) is 0.347. The molecule has 1 unspecified atom stereocenters. The molecule has 1 fully saturated rings. The van der Waals surface area contributed by atoms with Gasteiger partial charge in [-0.3, -0.25) is 0 Å². The first-order chi connectivity index (χ1) is 3.89. The average Bonchev–Trinajstić information content (AvgIpc) is 1.94. The zero-order valence-electron chi connectivity index (χ0n) is 5.24. The molecule has 0 saturated carbocycles. The summed E-state index contributed by atoms with van der Waals surface area (Å²) in [5.41, 5.74) is 1.48. The summed E-state index contributed by atoms with van der Waals surface area (Å²) in [5.74, 6) is 0. The van der Waals surface area contributed by atoms with Gasteiger partial charge >= 0.3 is 0 Å². The van der Waals surface area contributed by atoms with E-state index >= 15 is 0 Å². The Morgan fingerprint density at radius 2 is 2.12 bits per heavy atom. The number of hydrogen-bond acceptors (Lipinski definition) is 0. The van der Waals surface area contributed by atoms with Crippen molar-refractivity contribution < 1.29 is 0 Å². The van der Waals surface area contributed by atoms with Crippen LogP contribution >= 0.6 is 8.58 Å². The van der Waals surface area contributed by atoms with Crippen molar-refractivity contribution in [2.24, 2.45) is 0 Å². The lowest BCUT2D eigenvalue weighted by Crippen LogP contribution is -1.77. The first-order valence-electron chi connectivity index (χ1n) is 3.27. The Labute approximate surface area is 53.1 Å². The van der Waals surface area contributed by atoms with Crippen molar-refractivity contribution in [3.05, 3.63) is 12.2 Å². The summed E-state index contributed by atoms with van der Waals surface area (Å²) in [6.45, 7) is 3.98. The van der Waals surface area contributed by atoms with Gasteiger partial charge in [0.1, 0.15) is 0 Å². The Morgan fingerprint density at radius 1 is 1.25 bits per heavy atom. The highest BCUT2D eigenvalue weighted by molar-refractivity contribution is 7.37. The summed E-state index contributed by atoms with van der Waals surface area (Å²) in [6, 6.07) is 0. The van der Waals surface area contributed by atoms with Crippen LogP contribution in [-0.2, 0) is 0 Å². The summed E-state index contributed by atoms with van der Waals surface area (Å²) in [6.07, 6.45) is 6.88. The molecule has 1 atom stereocenters. The van der Waals surface area contributed by atoms with Crippen molar-refractivity contribution in [3.8, 4) is 0 Å². The molecule has 0 nitrogen and oxygen atoms in total. The van der Waals surface area contributed by atoms with Gasteiger partial charge in [-0.15, -0.1) is 8.58 Å². The lowest BCUT2D eigenvalue weighted by molar-refractivity contribution is 0.895. The third-order valence-electron chi connectivity index (χ3n) is 1.54. The Kier molecular flexibility index (Phi) is 2.55. The van der Waals surface area contributed by atoms with Crippen LogP contribution in [0.3, 0.4) is 0 Å². The zero-order chi connectivity index (χ0) is 5.82. The van der Waals surface area contributed by atoms with Gasteiger partial charge in [-0.05, 0) is 31.6 Å². The van der Waals surface area contributed by atoms with Crippen molar-refractivity contribution in [1.29, 1.82) is 0 Å². The maximum atomic E-state index is 3.98. The topological polar surface area (TPSA) is 0 Å². The van der Waals surface area contributed by atoms with Crippen LogP contribution in [0.15, 0.2) is 12.2 Å². The molecule has 0 bridgehead atoms. The Morgan fingerprint density at radius 3 is 3.00 bits per heavy atom. The summed E-state index contributed by atoms with van der Waals surface area (Å²) >= 11 is 0. The molecule has 0 spiro atoms. The van der Waals surface area contributed by atoms with E-state index in [4.69, 9.17) is 0 Å². The molecule has 0 radical (unpaired) electrons. The van der Waals surface area contributed by atoms with Gasteiger partial charge in [-0.2, -0.15) is 0 Å². The van der Waals surface area contributed by atoms with Crippen LogP contribution in [0, 0.1) is 0 Å². The maximum Gasteiger partial charge on any atom is -0.0286 e. The monoisotopic (exact) mass is 128 g/mol. The summed E-state index contributed by atoms with van der Waals surface area (Å²) in [7, 11) is 1.22. The molecular weight excluding hydrogens is 115 g/mol. The van der Waals surface area contributed by atoms with Crippen molar-refractivity contribution in [3.63, 3.8) is 0 Å². The summed E-state index contributed by atoms with van der Waals surface area (Å²) in [4.78, 5) is 0. The fourth-order valence-electron chi connectivity index (χ4n) is 0.979. The van der Waals surface area contributed by atoms with E-state index in [9.17, 15) is 0 Å². The van der Waals surface area contributed by atoms with E-state index in [2.05, 4.69) is 6.58 Å². The first-order valence-corrected chi connectivity index (χ1v) is 4.68. The zero-order valence-corrected chi connectivity index (χ0v) is 6.24. The van der Waals surface area contributed by atoms with E-state index in [1.165, 1.54) is 45.7 Å². The van der Waals surface area contributed by atoms with Crippen molar-refractivity contribution in [1.82, 2.24) is 0 Å². The Bertz CT molecular complexity index is 76.4. The molecule has 0 aromatic carbocycles. The molecule has 1 aliphatic heterocycles. The minimum atomic E-state index is 1.22. The van der Waals surface area contributed by atoms with E-state index in [1.54, 1.807) is 0 Å². The fraction of sp³-hybridized carbons (Fsp3) is 0.714. The highest BCUT2D eigenvalue weighted by Crippen LogP contribution is 2.23. The van der Waals surface area contributed by atoms with E-state index < -0.39 is 0 Å². The van der Waals surface area contributed by atoms with Crippen LogP contribution in [0.25, 0.3) is 0 Å². The second kappa shape index (κ2) is 3.25. The lowest BCUT2D eigenvalue weighted by atomic mass is 10.1. The molecule has 1 heteroatoms. The van der Waals surface area contributed by atoms with Crippen LogP contribution in [0.1, 0.15) is 19.3 Å². The average molecular weight is 128 g/mol. The van der Waals surface area contributed by atoms with Crippen LogP contribution in [-0.4, -0.2) is 12.3 Å². The largest absolute Gasteiger partial charge is 0.122 e. The molecular formula is C7H13P. The van der Waals surface area contributed by atoms with Gasteiger partial charge < -0.3 is 0 Å². The molecule has 0 aromatic rings. The molecule has 1 saturated heterocycles. The highest BCUT2D eigenvalue weighted by Gasteiger charge is 1.99. The molecule has 1 aliphatic rings. The van der Waals surface area contributed by atoms with Crippen LogP contribution in [0.2, 0.25) is 0 Å². The minimum Gasteiger partial charge on any atom is -0.122 e. The van der Waals surface area contributed by atoms with Crippen molar-refractivity contribution in [2.45, 2.75) is 19.3 Å². The van der Waals surface area contributed by atoms with Gasteiger partial charge in [0.05, 0.1) is 0 Å². The SMILES string of the molecule is C=C1CCCPCC1. The van der Waals surface area contributed by atoms with Crippen LogP contribution in [0.4, 0.5) is 0 Å². The minimum absolute atomic E-state index is 1.22. The third-order valence-corrected chi connectivity index (χ3v) is 2.85. The van der Waals surface area contributed by atoms with E-state index in [0.29, 0.717) is 0 Å². The van der Waals surface area contributed by atoms with Gasteiger partial charge in [0.25, 0.3) is 0 Å². The standard InChI is InChI=1S/C7H13P/c1-7-3-2-5-8-6-4-7/h8H,1-6H2. The normalized spacial score (nSPS) is 25.8. The van der Waals surface area contributed by atoms with Gasteiger partial charge in [0.15, 0.2) is 0 Å². The maximum absolute atomic E-state index is 3.98. The molecule has 0 aliphatic carbocycles. The second-order valence-corrected chi connectivity index (χ2v) is 3.85. The van der Waals surface area contributed by atoms with Gasteiger partial charge in [-0.1, -0.05) is 12.2 Å². The van der Waals surface area contributed by atoms with Gasteiger partial charge in [-0.25, -0.2) is 0 Å². The second-order valence-electron chi connectivity index (χ2n) is 2.35. The molecule has 0 N–H and O–H groups in total. The Balaban J connectivity index is 2.27. The van der Waals surface area contributed by atoms with Crippen LogP contribution in [0.5, 0.6) is 0 Å². The molecule has 0 amide bonds. The lowest BCUT2D eigenvalue weighted by Gasteiger charge is -1.94. The molecule has 46 valence electrons. The smallest absolute Gasteiger partial charge is 0.0286 e. The van der Waals surface area contributed by atoms with E-state index in [0.717, 1.165) is 0 Å². The third kappa shape index (κ3) is 1.96. The van der Waals surface area contributed by atoms with Gasteiger partial charge in [0.2, 0.25) is 0 Å². The predicted octanol–water partition coefficient (Wildman–Crippen LogP) is 2.41. The predicted molar refractivity (Wildman–Crippen MR) is 41.0 cm³/mol. The van der Waals surface area contributed by atoms with Crippen LogP contribution < -0.4 is 0 Å². The summed E-state index contributed by atoms with van der Waals surface area (Å²) < 4.78 is 0. The van der Waals surface area contributed by atoms with Crippen molar-refractivity contribution >= 4 is 8.58 Å². The first kappa shape index (κ1) is 6.29. The number of rotatable bonds is 0. The fourth-order valence-corrected chi connectivity index (χ4v) is 2.19. The van der Waals surface area contributed by atoms with Gasteiger partial charge in [0, 0.05) is 0 Å². The van der Waals surface area contributed by atoms with E-state index in [-0.39, 0.29) is 0 Å². The number of hydrogen-bond donors (Lipinski definition) is 0. The number of allylic oxidation sites excluding steroid dienone is 1.